The number of benzene rings is 2. The molecule has 5 rings (SSSR count). The Morgan fingerprint density at radius 1 is 1.14 bits per heavy atom. The molecule has 3 aliphatic rings. The zero-order valence-corrected chi connectivity index (χ0v) is 19.7. The van der Waals surface area contributed by atoms with E-state index in [-0.39, 0.29) is 59.4 Å². The van der Waals surface area contributed by atoms with Gasteiger partial charge in [0.1, 0.15) is 22.6 Å². The van der Waals surface area contributed by atoms with Crippen molar-refractivity contribution in [1.29, 1.82) is 0 Å². The fourth-order valence-corrected chi connectivity index (χ4v) is 5.49. The van der Waals surface area contributed by atoms with Crippen molar-refractivity contribution < 1.29 is 33.0 Å². The number of carbonyl (C=O) groups excluding carboxylic acids is 4. The Hall–Kier alpha value is -4.27. The topological polar surface area (TPSA) is 116 Å². The second kappa shape index (κ2) is 8.44. The predicted molar refractivity (Wildman–Crippen MR) is 126 cm³/mol. The molecule has 2 aromatic carbocycles. The van der Waals surface area contributed by atoms with Crippen LogP contribution in [0.15, 0.2) is 71.3 Å². The van der Waals surface area contributed by atoms with Crippen molar-refractivity contribution in [2.75, 3.05) is 11.5 Å². The largest absolute Gasteiger partial charge is 0.462 e. The molecule has 0 saturated heterocycles. The van der Waals surface area contributed by atoms with E-state index in [2.05, 4.69) is 0 Å². The molecular weight excluding hydrogens is 467 g/mol. The molecule has 1 aliphatic carbocycles. The van der Waals surface area contributed by atoms with Crippen LogP contribution in [0.1, 0.15) is 43.7 Å². The van der Waals surface area contributed by atoms with E-state index >= 15 is 0 Å². The van der Waals surface area contributed by atoms with Crippen molar-refractivity contribution in [3.05, 3.63) is 88.3 Å². The number of ether oxygens (including phenoxy) is 2. The van der Waals surface area contributed by atoms with Gasteiger partial charge in [-0.1, -0.05) is 30.3 Å². The van der Waals surface area contributed by atoms with Crippen LogP contribution in [0.25, 0.3) is 0 Å². The molecule has 2 amide bonds. The lowest BCUT2D eigenvalue weighted by Crippen LogP contribution is -2.52. The fourth-order valence-electron chi connectivity index (χ4n) is 5.49. The number of para-hydroxylation sites is 1. The average Bonchev–Trinajstić information content (AvgIpc) is 3.08. The predicted octanol–water partition coefficient (Wildman–Crippen LogP) is 3.12. The van der Waals surface area contributed by atoms with Gasteiger partial charge in [-0.15, -0.1) is 0 Å². The number of rotatable bonds is 3. The summed E-state index contributed by atoms with van der Waals surface area (Å²) in [6.45, 7) is 2.82. The summed E-state index contributed by atoms with van der Waals surface area (Å²) in [5.41, 5.74) is 5.18. The summed E-state index contributed by atoms with van der Waals surface area (Å²) in [5.74, 6) is -3.71. The second-order valence-electron chi connectivity index (χ2n) is 8.87. The summed E-state index contributed by atoms with van der Waals surface area (Å²) in [5, 5.41) is 0. The Kier molecular flexibility index (Phi) is 5.50. The van der Waals surface area contributed by atoms with Crippen LogP contribution in [0.3, 0.4) is 0 Å². The van der Waals surface area contributed by atoms with Gasteiger partial charge < -0.3 is 15.2 Å². The van der Waals surface area contributed by atoms with E-state index in [0.29, 0.717) is 0 Å². The Balaban J connectivity index is 1.77. The highest BCUT2D eigenvalue weighted by Crippen LogP contribution is 2.57. The van der Waals surface area contributed by atoms with Crippen LogP contribution in [-0.2, 0) is 34.1 Å². The summed E-state index contributed by atoms with van der Waals surface area (Å²) < 4.78 is 24.6. The van der Waals surface area contributed by atoms with E-state index < -0.39 is 34.8 Å². The summed E-state index contributed by atoms with van der Waals surface area (Å²) >= 11 is 0. The number of Topliss-reactive ketones (excluding diaryl/α,β-unsaturated/α-hetero) is 1. The highest BCUT2D eigenvalue weighted by atomic mass is 19.1. The smallest absolute Gasteiger partial charge is 0.341 e. The maximum atomic E-state index is 14.2. The zero-order chi connectivity index (χ0) is 25.8. The van der Waals surface area contributed by atoms with Crippen LogP contribution in [-0.4, -0.2) is 30.2 Å². The normalized spacial score (nSPS) is 23.0. The van der Waals surface area contributed by atoms with E-state index in [9.17, 15) is 23.6 Å². The number of allylic oxidation sites excluding steroid dienone is 1. The molecule has 36 heavy (non-hydrogen) atoms. The Bertz CT molecular complexity index is 1390. The van der Waals surface area contributed by atoms with Crippen LogP contribution >= 0.6 is 0 Å². The molecule has 0 radical (unpaired) electrons. The van der Waals surface area contributed by atoms with Gasteiger partial charge in [-0.05, 0) is 36.6 Å². The van der Waals surface area contributed by atoms with Gasteiger partial charge in [0.25, 0.3) is 5.91 Å². The van der Waals surface area contributed by atoms with Crippen LogP contribution < -0.4 is 10.6 Å². The number of nitrogens with zero attached hydrogens (tertiary/aromatic N) is 1. The molecule has 0 fully saturated rings. The summed E-state index contributed by atoms with van der Waals surface area (Å²) in [4.78, 5) is 54.8. The SMILES string of the molecule is CCOC(=O)C1=C(N)OC2=C(C(=O)C[C@@H](c3ccc(F)cc3)C2)[C@@]12C(=O)N(C(C)=O)c1ccccc12. The molecule has 0 unspecified atom stereocenters. The number of anilines is 1. The van der Waals surface area contributed by atoms with E-state index in [1.807, 2.05) is 0 Å². The van der Waals surface area contributed by atoms with Crippen molar-refractivity contribution in [2.45, 2.75) is 38.0 Å². The first kappa shape index (κ1) is 23.5. The Morgan fingerprint density at radius 3 is 2.50 bits per heavy atom. The van der Waals surface area contributed by atoms with Gasteiger partial charge in [-0.25, -0.2) is 14.1 Å². The first-order valence-corrected chi connectivity index (χ1v) is 11.5. The maximum absolute atomic E-state index is 14.2. The third-order valence-electron chi connectivity index (χ3n) is 6.86. The van der Waals surface area contributed by atoms with Gasteiger partial charge >= 0.3 is 5.97 Å². The number of imide groups is 1. The van der Waals surface area contributed by atoms with Crippen molar-refractivity contribution in [3.63, 3.8) is 0 Å². The average molecular weight is 490 g/mol. The van der Waals surface area contributed by atoms with Crippen molar-refractivity contribution in [1.82, 2.24) is 0 Å². The van der Waals surface area contributed by atoms with Crippen molar-refractivity contribution in [3.8, 4) is 0 Å². The third-order valence-corrected chi connectivity index (χ3v) is 6.86. The number of fused-ring (bicyclic) bond motifs is 3. The molecule has 2 atom stereocenters. The van der Waals surface area contributed by atoms with Gasteiger partial charge in [-0.3, -0.25) is 14.4 Å². The lowest BCUT2D eigenvalue weighted by molar-refractivity contribution is -0.141. The van der Waals surface area contributed by atoms with Crippen molar-refractivity contribution >= 4 is 29.3 Å². The molecule has 1 spiro atoms. The number of halogens is 1. The maximum Gasteiger partial charge on any atom is 0.341 e. The molecule has 0 bridgehead atoms. The Labute approximate surface area is 206 Å². The molecule has 2 aliphatic heterocycles. The first-order valence-electron chi connectivity index (χ1n) is 11.5. The lowest BCUT2D eigenvalue weighted by atomic mass is 9.63. The summed E-state index contributed by atoms with van der Waals surface area (Å²) in [6.07, 6.45) is 0.169. The number of hydrogen-bond donors (Lipinski definition) is 1. The van der Waals surface area contributed by atoms with E-state index in [4.69, 9.17) is 15.2 Å². The monoisotopic (exact) mass is 490 g/mol. The number of carbonyl (C=O) groups is 4. The molecule has 184 valence electrons. The molecule has 9 heteroatoms. The molecule has 0 saturated carbocycles. The van der Waals surface area contributed by atoms with Crippen molar-refractivity contribution in [2.24, 2.45) is 5.73 Å². The minimum atomic E-state index is -1.99. The molecule has 8 nitrogen and oxygen atoms in total. The highest BCUT2D eigenvalue weighted by molar-refractivity contribution is 6.30. The number of esters is 1. The standard InChI is InChI=1S/C27H23FN2O6/c1-3-35-25(33)23-24(29)36-21-13-16(15-8-10-17(28)11-9-15)12-20(32)22(21)27(23)18-6-4-5-7-19(18)30(14(2)31)26(27)34/h4-11,16H,3,12-13,29H2,1-2H3/t16-,27-/m1/s1. The van der Waals surface area contributed by atoms with Gasteiger partial charge in [0.15, 0.2) is 5.78 Å². The summed E-state index contributed by atoms with van der Waals surface area (Å²) in [7, 11) is 0. The van der Waals surface area contributed by atoms with Gasteiger partial charge in [0.2, 0.25) is 11.8 Å². The lowest BCUT2D eigenvalue weighted by Gasteiger charge is -2.40. The molecule has 2 aromatic rings. The van der Waals surface area contributed by atoms with Crippen LogP contribution in [0.2, 0.25) is 0 Å². The van der Waals surface area contributed by atoms with Gasteiger partial charge in [-0.2, -0.15) is 0 Å². The van der Waals surface area contributed by atoms with Gasteiger partial charge in [0.05, 0.1) is 17.9 Å². The van der Waals surface area contributed by atoms with Crippen LogP contribution in [0, 0.1) is 5.82 Å². The number of ketones is 1. The van der Waals surface area contributed by atoms with Crippen LogP contribution in [0.5, 0.6) is 0 Å². The second-order valence-corrected chi connectivity index (χ2v) is 8.87. The number of hydrogen-bond acceptors (Lipinski definition) is 7. The molecule has 2 heterocycles. The fraction of sp³-hybridized carbons (Fsp3) is 0.259. The zero-order valence-electron chi connectivity index (χ0n) is 19.7. The van der Waals surface area contributed by atoms with E-state index in [0.717, 1.165) is 10.5 Å². The Morgan fingerprint density at radius 2 is 1.83 bits per heavy atom. The molecule has 2 N–H and O–H groups in total. The first-order chi connectivity index (χ1) is 17.2. The number of amides is 2. The van der Waals surface area contributed by atoms with E-state index in [1.165, 1.54) is 19.1 Å². The number of nitrogens with two attached hydrogens (primary N) is 1. The molecule has 0 aromatic heterocycles. The van der Waals surface area contributed by atoms with E-state index in [1.54, 1.807) is 43.3 Å². The minimum Gasteiger partial charge on any atom is -0.462 e. The van der Waals surface area contributed by atoms with Gasteiger partial charge in [0, 0.05) is 25.3 Å². The third kappa shape index (κ3) is 3.19. The molecular formula is C27H23FN2O6. The summed E-state index contributed by atoms with van der Waals surface area (Å²) in [6, 6.07) is 12.3. The minimum absolute atomic E-state index is 0.00948. The van der Waals surface area contributed by atoms with Crippen LogP contribution in [0.4, 0.5) is 10.1 Å². The highest BCUT2D eigenvalue weighted by Gasteiger charge is 2.65. The quantitative estimate of drug-likeness (QED) is 0.657.